The number of thiophene rings is 1. The second-order valence-electron chi connectivity index (χ2n) is 3.54. The van der Waals surface area contributed by atoms with Gasteiger partial charge in [-0.15, -0.1) is 11.3 Å². The van der Waals surface area contributed by atoms with E-state index in [1.54, 1.807) is 11.3 Å². The van der Waals surface area contributed by atoms with E-state index >= 15 is 0 Å². The summed E-state index contributed by atoms with van der Waals surface area (Å²) in [6, 6.07) is 8.65. The quantitative estimate of drug-likeness (QED) is 0.831. The summed E-state index contributed by atoms with van der Waals surface area (Å²) < 4.78 is 1.31. The monoisotopic (exact) mass is 221 g/mol. The molecule has 15 heavy (non-hydrogen) atoms. The molecular formula is C12H15NOS. The van der Waals surface area contributed by atoms with Gasteiger partial charge in [0.2, 0.25) is 0 Å². The number of aliphatic hydroxyl groups excluding tert-OH is 1. The first-order valence-electron chi connectivity index (χ1n) is 5.11. The fourth-order valence-electron chi connectivity index (χ4n) is 1.85. The summed E-state index contributed by atoms with van der Waals surface area (Å²) in [7, 11) is 1.94. The lowest BCUT2D eigenvalue weighted by Gasteiger charge is -2.13. The van der Waals surface area contributed by atoms with Gasteiger partial charge in [-0.25, -0.2) is 0 Å². The van der Waals surface area contributed by atoms with Crippen LogP contribution in [0.5, 0.6) is 0 Å². The van der Waals surface area contributed by atoms with Gasteiger partial charge in [0.05, 0.1) is 0 Å². The molecule has 0 aliphatic heterocycles. The molecule has 1 heterocycles. The molecule has 2 rings (SSSR count). The summed E-state index contributed by atoms with van der Waals surface area (Å²) in [6.45, 7) is 0.218. The zero-order chi connectivity index (χ0) is 10.7. The van der Waals surface area contributed by atoms with E-state index in [0.717, 1.165) is 6.42 Å². The number of fused-ring (bicyclic) bond motifs is 1. The fraction of sp³-hybridized carbons (Fsp3) is 0.333. The highest BCUT2D eigenvalue weighted by Gasteiger charge is 2.12. The number of hydrogen-bond acceptors (Lipinski definition) is 3. The normalized spacial score (nSPS) is 13.2. The first-order chi connectivity index (χ1) is 7.36. The van der Waals surface area contributed by atoms with E-state index in [4.69, 9.17) is 5.11 Å². The van der Waals surface area contributed by atoms with Crippen LogP contribution in [0.4, 0.5) is 0 Å². The molecule has 3 heteroatoms. The van der Waals surface area contributed by atoms with Crippen LogP contribution < -0.4 is 5.32 Å². The molecule has 2 aromatic rings. The van der Waals surface area contributed by atoms with Gasteiger partial charge in [-0.05, 0) is 35.9 Å². The van der Waals surface area contributed by atoms with Gasteiger partial charge >= 0.3 is 0 Å². The minimum atomic E-state index is 0.218. The van der Waals surface area contributed by atoms with Gasteiger partial charge in [-0.3, -0.25) is 0 Å². The summed E-state index contributed by atoms with van der Waals surface area (Å²) in [5.74, 6) is 0. The average Bonchev–Trinajstić information content (AvgIpc) is 2.70. The van der Waals surface area contributed by atoms with Crippen LogP contribution in [0.25, 0.3) is 10.1 Å². The molecule has 0 saturated carbocycles. The number of aliphatic hydroxyl groups is 1. The lowest BCUT2D eigenvalue weighted by molar-refractivity contribution is 0.269. The lowest BCUT2D eigenvalue weighted by atomic mass is 10.0. The molecular weight excluding hydrogens is 206 g/mol. The molecule has 0 amide bonds. The van der Waals surface area contributed by atoms with Crippen LogP contribution in [0.1, 0.15) is 18.0 Å². The topological polar surface area (TPSA) is 32.3 Å². The maximum atomic E-state index is 9.00. The van der Waals surface area contributed by atoms with Gasteiger partial charge in [0.1, 0.15) is 0 Å². The summed E-state index contributed by atoms with van der Waals surface area (Å²) in [5.41, 5.74) is 1.30. The van der Waals surface area contributed by atoms with Crippen molar-refractivity contribution in [3.63, 3.8) is 0 Å². The number of rotatable bonds is 4. The Morgan fingerprint density at radius 1 is 1.40 bits per heavy atom. The first kappa shape index (κ1) is 10.6. The zero-order valence-electron chi connectivity index (χ0n) is 8.73. The van der Waals surface area contributed by atoms with E-state index in [2.05, 4.69) is 35.0 Å². The molecule has 0 aliphatic rings. The Balaban J connectivity index is 2.41. The van der Waals surface area contributed by atoms with Gasteiger partial charge < -0.3 is 10.4 Å². The molecule has 1 atom stereocenters. The van der Waals surface area contributed by atoms with Crippen LogP contribution in [0, 0.1) is 0 Å². The first-order valence-corrected chi connectivity index (χ1v) is 5.99. The maximum absolute atomic E-state index is 9.00. The van der Waals surface area contributed by atoms with Crippen molar-refractivity contribution in [2.24, 2.45) is 0 Å². The Bertz CT molecular complexity index is 438. The number of benzene rings is 1. The highest BCUT2D eigenvalue weighted by atomic mass is 32.1. The molecule has 2 N–H and O–H groups in total. The van der Waals surface area contributed by atoms with E-state index in [1.807, 2.05) is 7.05 Å². The van der Waals surface area contributed by atoms with Crippen molar-refractivity contribution in [2.45, 2.75) is 12.5 Å². The Morgan fingerprint density at radius 3 is 2.93 bits per heavy atom. The molecule has 80 valence electrons. The Hall–Kier alpha value is -0.900. The third-order valence-electron chi connectivity index (χ3n) is 2.65. The molecule has 0 radical (unpaired) electrons. The molecule has 0 aliphatic carbocycles. The molecule has 1 aromatic carbocycles. The third-order valence-corrected chi connectivity index (χ3v) is 3.63. The zero-order valence-corrected chi connectivity index (χ0v) is 9.55. The Kier molecular flexibility index (Phi) is 3.36. The molecule has 0 bridgehead atoms. The molecule has 0 spiro atoms. The van der Waals surface area contributed by atoms with Crippen LogP contribution in [-0.4, -0.2) is 18.8 Å². The van der Waals surface area contributed by atoms with Crippen molar-refractivity contribution in [3.8, 4) is 0 Å². The molecule has 0 fully saturated rings. The number of hydrogen-bond donors (Lipinski definition) is 2. The Labute approximate surface area is 93.6 Å². The van der Waals surface area contributed by atoms with Crippen LogP contribution in [-0.2, 0) is 0 Å². The van der Waals surface area contributed by atoms with Gasteiger partial charge in [-0.2, -0.15) is 0 Å². The smallest absolute Gasteiger partial charge is 0.0449 e. The second kappa shape index (κ2) is 4.75. The van der Waals surface area contributed by atoms with E-state index in [9.17, 15) is 0 Å². The van der Waals surface area contributed by atoms with E-state index in [1.165, 1.54) is 15.6 Å². The molecule has 1 unspecified atom stereocenters. The summed E-state index contributed by atoms with van der Waals surface area (Å²) in [6.07, 6.45) is 0.761. The second-order valence-corrected chi connectivity index (χ2v) is 4.45. The van der Waals surface area contributed by atoms with E-state index in [-0.39, 0.29) is 12.6 Å². The fourth-order valence-corrected chi connectivity index (χ4v) is 2.87. The predicted molar refractivity (Wildman–Crippen MR) is 65.3 cm³/mol. The van der Waals surface area contributed by atoms with Crippen LogP contribution in [0.3, 0.4) is 0 Å². The molecule has 1 aromatic heterocycles. The minimum Gasteiger partial charge on any atom is -0.396 e. The summed E-state index contributed by atoms with van der Waals surface area (Å²) >= 11 is 1.76. The molecule has 2 nitrogen and oxygen atoms in total. The standard InChI is InChI=1S/C12H15NOS/c1-13-11(6-7-14)10-8-15-12-5-3-2-4-9(10)12/h2-5,8,11,13-14H,6-7H2,1H3. The number of nitrogens with one attached hydrogen (secondary N) is 1. The highest BCUT2D eigenvalue weighted by molar-refractivity contribution is 7.17. The van der Waals surface area contributed by atoms with Crippen LogP contribution in [0.15, 0.2) is 29.6 Å². The van der Waals surface area contributed by atoms with E-state index in [0.29, 0.717) is 0 Å². The van der Waals surface area contributed by atoms with Crippen LogP contribution >= 0.6 is 11.3 Å². The third kappa shape index (κ3) is 2.04. The SMILES string of the molecule is CNC(CCO)c1csc2ccccc12. The van der Waals surface area contributed by atoms with Crippen molar-refractivity contribution < 1.29 is 5.11 Å². The van der Waals surface area contributed by atoms with Crippen molar-refractivity contribution in [2.75, 3.05) is 13.7 Å². The average molecular weight is 221 g/mol. The molecule has 0 saturated heterocycles. The highest BCUT2D eigenvalue weighted by Crippen LogP contribution is 2.31. The van der Waals surface area contributed by atoms with Gasteiger partial charge in [-0.1, -0.05) is 18.2 Å². The lowest BCUT2D eigenvalue weighted by Crippen LogP contribution is -2.17. The minimum absolute atomic E-state index is 0.218. The van der Waals surface area contributed by atoms with Crippen molar-refractivity contribution >= 4 is 21.4 Å². The van der Waals surface area contributed by atoms with Crippen molar-refractivity contribution in [1.82, 2.24) is 5.32 Å². The van der Waals surface area contributed by atoms with Crippen molar-refractivity contribution in [1.29, 1.82) is 0 Å². The largest absolute Gasteiger partial charge is 0.396 e. The van der Waals surface area contributed by atoms with Gasteiger partial charge in [0.25, 0.3) is 0 Å². The Morgan fingerprint density at radius 2 is 2.20 bits per heavy atom. The van der Waals surface area contributed by atoms with Gasteiger partial charge in [0, 0.05) is 17.3 Å². The van der Waals surface area contributed by atoms with E-state index < -0.39 is 0 Å². The van der Waals surface area contributed by atoms with Crippen LogP contribution in [0.2, 0.25) is 0 Å². The summed E-state index contributed by atoms with van der Waals surface area (Å²) in [4.78, 5) is 0. The predicted octanol–water partition coefficient (Wildman–Crippen LogP) is 2.54. The maximum Gasteiger partial charge on any atom is 0.0449 e. The van der Waals surface area contributed by atoms with Crippen molar-refractivity contribution in [3.05, 3.63) is 35.2 Å². The summed E-state index contributed by atoms with van der Waals surface area (Å²) in [5, 5.41) is 15.7. The van der Waals surface area contributed by atoms with Gasteiger partial charge in [0.15, 0.2) is 0 Å².